The molecule has 8 heteroatoms. The molecule has 3 rings (SSSR count). The first-order valence-electron chi connectivity index (χ1n) is 6.66. The molecular formula is C15H12Cl2N4O2. The Balaban J connectivity index is 2.00. The van der Waals surface area contributed by atoms with Crippen LogP contribution in [0.3, 0.4) is 0 Å². The molecule has 0 atom stereocenters. The van der Waals surface area contributed by atoms with Crippen molar-refractivity contribution in [1.29, 1.82) is 0 Å². The zero-order chi connectivity index (χ0) is 16.6. The number of anilines is 1. The highest BCUT2D eigenvalue weighted by molar-refractivity contribution is 6.37. The number of amides is 1. The molecule has 0 saturated heterocycles. The van der Waals surface area contributed by atoms with Crippen LogP contribution in [0.15, 0.2) is 24.3 Å². The van der Waals surface area contributed by atoms with Crippen LogP contribution in [0, 0.1) is 6.92 Å². The van der Waals surface area contributed by atoms with Crippen molar-refractivity contribution in [2.75, 3.05) is 12.4 Å². The Hall–Kier alpha value is -2.31. The van der Waals surface area contributed by atoms with Gasteiger partial charge in [0.05, 0.1) is 22.5 Å². The Bertz CT molecular complexity index is 908. The molecule has 0 radical (unpaired) electrons. The minimum atomic E-state index is -0.469. The predicted octanol–water partition coefficient (Wildman–Crippen LogP) is 3.83. The maximum Gasteiger partial charge on any atom is 0.262 e. The lowest BCUT2D eigenvalue weighted by Crippen LogP contribution is -2.14. The molecule has 0 bridgehead atoms. The lowest BCUT2D eigenvalue weighted by atomic mass is 10.2. The molecule has 0 unspecified atom stereocenters. The number of carbonyl (C=O) groups excluding carboxylic acids is 1. The molecule has 1 amide bonds. The molecule has 0 fully saturated rings. The summed E-state index contributed by atoms with van der Waals surface area (Å²) in [4.78, 5) is 16.9. The molecule has 6 nitrogen and oxygen atoms in total. The fraction of sp³-hybridized carbons (Fsp3) is 0.133. The summed E-state index contributed by atoms with van der Waals surface area (Å²) < 4.78 is 5.18. The van der Waals surface area contributed by atoms with E-state index in [0.29, 0.717) is 21.9 Å². The van der Waals surface area contributed by atoms with Gasteiger partial charge in [-0.1, -0.05) is 23.2 Å². The second-order valence-electron chi connectivity index (χ2n) is 4.81. The van der Waals surface area contributed by atoms with Gasteiger partial charge in [0, 0.05) is 5.69 Å². The maximum absolute atomic E-state index is 12.6. The van der Waals surface area contributed by atoms with Gasteiger partial charge in [0.15, 0.2) is 17.2 Å². The van der Waals surface area contributed by atoms with Crippen molar-refractivity contribution in [2.24, 2.45) is 0 Å². The van der Waals surface area contributed by atoms with E-state index in [1.165, 1.54) is 13.2 Å². The first kappa shape index (κ1) is 15.6. The third kappa shape index (κ3) is 2.83. The molecule has 3 aromatic rings. The number of aromatic amines is 1. The van der Waals surface area contributed by atoms with Crippen molar-refractivity contribution in [3.05, 3.63) is 45.6 Å². The van der Waals surface area contributed by atoms with E-state index in [1.54, 1.807) is 6.07 Å². The number of methoxy groups -OCH3 is 1. The van der Waals surface area contributed by atoms with Crippen molar-refractivity contribution >= 4 is 46.0 Å². The van der Waals surface area contributed by atoms with Gasteiger partial charge in [0.2, 0.25) is 0 Å². The van der Waals surface area contributed by atoms with Crippen LogP contribution in [0.4, 0.5) is 5.82 Å². The fourth-order valence-electron chi connectivity index (χ4n) is 2.21. The Morgan fingerprint density at radius 1 is 1.22 bits per heavy atom. The summed E-state index contributed by atoms with van der Waals surface area (Å²) in [6.07, 6.45) is 0. The van der Waals surface area contributed by atoms with Gasteiger partial charge < -0.3 is 10.1 Å². The van der Waals surface area contributed by atoms with E-state index in [0.717, 1.165) is 5.69 Å². The first-order chi connectivity index (χ1) is 11.0. The van der Waals surface area contributed by atoms with Gasteiger partial charge in [-0.3, -0.25) is 9.89 Å². The summed E-state index contributed by atoms with van der Waals surface area (Å²) in [5.41, 5.74) is 1.58. The molecule has 2 heterocycles. The van der Waals surface area contributed by atoms with E-state index in [1.807, 2.05) is 19.1 Å². The number of hydrogen-bond acceptors (Lipinski definition) is 4. The van der Waals surface area contributed by atoms with Gasteiger partial charge in [-0.2, -0.15) is 5.10 Å². The number of nitrogens with zero attached hydrogens (tertiary/aromatic N) is 2. The molecular weight excluding hydrogens is 339 g/mol. The second kappa shape index (κ2) is 6.06. The molecule has 0 saturated carbocycles. The fourth-order valence-corrected chi connectivity index (χ4v) is 2.68. The minimum absolute atomic E-state index is 0.151. The summed E-state index contributed by atoms with van der Waals surface area (Å²) in [6, 6.07) is 6.76. The highest BCUT2D eigenvalue weighted by Gasteiger charge is 2.21. The average Bonchev–Trinajstić information content (AvgIpc) is 2.91. The van der Waals surface area contributed by atoms with Crippen LogP contribution in [0.2, 0.25) is 10.0 Å². The standard InChI is InChI=1S/C15H12Cl2N4O2/c1-7-3-4-8-13(18-7)20-21-14(8)19-15(22)11-9(16)5-6-10(17)12(11)23-2/h3-6H,1-2H3,(H2,18,19,20,21,22). The zero-order valence-electron chi connectivity index (χ0n) is 12.3. The Labute approximate surface area is 141 Å². The second-order valence-corrected chi connectivity index (χ2v) is 5.63. The highest BCUT2D eigenvalue weighted by Crippen LogP contribution is 2.34. The van der Waals surface area contributed by atoms with Crippen LogP contribution in [0.25, 0.3) is 11.0 Å². The van der Waals surface area contributed by atoms with Crippen LogP contribution in [0.1, 0.15) is 16.1 Å². The topological polar surface area (TPSA) is 79.9 Å². The van der Waals surface area contributed by atoms with Gasteiger partial charge in [-0.05, 0) is 31.2 Å². The van der Waals surface area contributed by atoms with E-state index < -0.39 is 5.91 Å². The highest BCUT2D eigenvalue weighted by atomic mass is 35.5. The van der Waals surface area contributed by atoms with E-state index in [4.69, 9.17) is 27.9 Å². The molecule has 2 N–H and O–H groups in total. The summed E-state index contributed by atoms with van der Waals surface area (Å²) in [5, 5.41) is 10.8. The van der Waals surface area contributed by atoms with Crippen LogP contribution in [-0.4, -0.2) is 28.2 Å². The number of nitrogens with one attached hydrogen (secondary N) is 2. The van der Waals surface area contributed by atoms with Crippen molar-refractivity contribution in [3.63, 3.8) is 0 Å². The number of benzene rings is 1. The molecule has 118 valence electrons. The number of hydrogen-bond donors (Lipinski definition) is 2. The lowest BCUT2D eigenvalue weighted by Gasteiger charge is -2.11. The molecule has 1 aromatic carbocycles. The number of H-pyrrole nitrogens is 1. The van der Waals surface area contributed by atoms with Gasteiger partial charge in [-0.25, -0.2) is 4.98 Å². The van der Waals surface area contributed by atoms with Crippen LogP contribution < -0.4 is 10.1 Å². The van der Waals surface area contributed by atoms with Crippen molar-refractivity contribution in [2.45, 2.75) is 6.92 Å². The molecule has 0 aliphatic carbocycles. The van der Waals surface area contributed by atoms with E-state index in [-0.39, 0.29) is 16.3 Å². The third-order valence-corrected chi connectivity index (χ3v) is 3.90. The lowest BCUT2D eigenvalue weighted by molar-refractivity contribution is 0.102. The summed E-state index contributed by atoms with van der Waals surface area (Å²) in [5.74, 6) is 0.101. The van der Waals surface area contributed by atoms with Crippen molar-refractivity contribution < 1.29 is 9.53 Å². The van der Waals surface area contributed by atoms with Gasteiger partial charge in [0.1, 0.15) is 5.56 Å². The van der Waals surface area contributed by atoms with Gasteiger partial charge >= 0.3 is 0 Å². The zero-order valence-corrected chi connectivity index (χ0v) is 13.8. The summed E-state index contributed by atoms with van der Waals surface area (Å²) >= 11 is 12.2. The Morgan fingerprint density at radius 2 is 1.96 bits per heavy atom. The smallest absolute Gasteiger partial charge is 0.262 e. The van der Waals surface area contributed by atoms with E-state index in [9.17, 15) is 4.79 Å². The molecule has 23 heavy (non-hydrogen) atoms. The number of carbonyl (C=O) groups is 1. The third-order valence-electron chi connectivity index (χ3n) is 3.29. The number of fused-ring (bicyclic) bond motifs is 1. The van der Waals surface area contributed by atoms with Gasteiger partial charge in [0.25, 0.3) is 5.91 Å². The number of rotatable bonds is 3. The van der Waals surface area contributed by atoms with Crippen LogP contribution in [0.5, 0.6) is 5.75 Å². The van der Waals surface area contributed by atoms with E-state index >= 15 is 0 Å². The number of aryl methyl sites for hydroxylation is 1. The largest absolute Gasteiger partial charge is 0.494 e. The first-order valence-corrected chi connectivity index (χ1v) is 7.42. The molecule has 0 aliphatic heterocycles. The van der Waals surface area contributed by atoms with Crippen molar-refractivity contribution in [1.82, 2.24) is 15.2 Å². The number of pyridine rings is 1. The molecule has 2 aromatic heterocycles. The SMILES string of the molecule is COc1c(Cl)ccc(Cl)c1C(=O)Nc1n[nH]c2nc(C)ccc12. The van der Waals surface area contributed by atoms with Crippen molar-refractivity contribution in [3.8, 4) is 5.75 Å². The number of ether oxygens (including phenoxy) is 1. The summed E-state index contributed by atoms with van der Waals surface area (Å²) in [6.45, 7) is 1.87. The molecule has 0 spiro atoms. The average molecular weight is 351 g/mol. The van der Waals surface area contributed by atoms with Crippen LogP contribution >= 0.6 is 23.2 Å². The monoisotopic (exact) mass is 350 g/mol. The maximum atomic E-state index is 12.6. The quantitative estimate of drug-likeness (QED) is 0.752. The normalized spacial score (nSPS) is 10.8. The predicted molar refractivity (Wildman–Crippen MR) is 89.6 cm³/mol. The van der Waals surface area contributed by atoms with Gasteiger partial charge in [-0.15, -0.1) is 0 Å². The van der Waals surface area contributed by atoms with E-state index in [2.05, 4.69) is 20.5 Å². The summed E-state index contributed by atoms with van der Waals surface area (Å²) in [7, 11) is 1.42. The Morgan fingerprint density at radius 3 is 2.70 bits per heavy atom. The van der Waals surface area contributed by atoms with Crippen LogP contribution in [-0.2, 0) is 0 Å². The Kier molecular flexibility index (Phi) is 4.11. The molecule has 0 aliphatic rings. The number of aromatic nitrogens is 3. The number of halogens is 2. The minimum Gasteiger partial charge on any atom is -0.494 e.